The van der Waals surface area contributed by atoms with Crippen molar-refractivity contribution < 1.29 is 9.21 Å². The predicted molar refractivity (Wildman–Crippen MR) is 124 cm³/mol. The van der Waals surface area contributed by atoms with Crippen LogP contribution in [-0.4, -0.2) is 52.9 Å². The van der Waals surface area contributed by atoms with Crippen LogP contribution in [0.3, 0.4) is 0 Å². The Kier molecular flexibility index (Phi) is 5.31. The number of benzene rings is 1. The topological polar surface area (TPSA) is 75.4 Å². The Morgan fingerprint density at radius 2 is 1.78 bits per heavy atom. The molecule has 1 aliphatic heterocycles. The van der Waals surface area contributed by atoms with Crippen molar-refractivity contribution in [1.29, 1.82) is 0 Å². The molecule has 0 spiro atoms. The van der Waals surface area contributed by atoms with Gasteiger partial charge in [0.25, 0.3) is 5.91 Å². The van der Waals surface area contributed by atoms with Crippen molar-refractivity contribution in [3.05, 3.63) is 72.4 Å². The Morgan fingerprint density at radius 1 is 1.03 bits per heavy atom. The van der Waals surface area contributed by atoms with Crippen LogP contribution in [0, 0.1) is 0 Å². The molecule has 0 saturated carbocycles. The first-order valence-electron chi connectivity index (χ1n) is 10.8. The number of furan rings is 1. The first kappa shape index (κ1) is 20.2. The lowest BCUT2D eigenvalue weighted by Crippen LogP contribution is -2.38. The van der Waals surface area contributed by atoms with Crippen molar-refractivity contribution >= 4 is 22.7 Å². The molecule has 4 heterocycles. The van der Waals surface area contributed by atoms with E-state index in [9.17, 15) is 4.79 Å². The van der Waals surface area contributed by atoms with Crippen LogP contribution in [0.2, 0.25) is 0 Å². The summed E-state index contributed by atoms with van der Waals surface area (Å²) in [6.45, 7) is 1.35. The molecule has 7 heteroatoms. The highest BCUT2D eigenvalue weighted by molar-refractivity contribution is 5.96. The highest BCUT2D eigenvalue weighted by atomic mass is 16.3. The number of rotatable bonds is 4. The summed E-state index contributed by atoms with van der Waals surface area (Å²) in [6, 6.07) is 15.4. The number of amides is 1. The Balaban J connectivity index is 1.34. The van der Waals surface area contributed by atoms with Gasteiger partial charge in [-0.2, -0.15) is 0 Å². The Hall–Kier alpha value is -3.74. The summed E-state index contributed by atoms with van der Waals surface area (Å²) in [5, 5.41) is 0.951. The average Bonchev–Trinajstić information content (AvgIpc) is 3.28. The van der Waals surface area contributed by atoms with Gasteiger partial charge in [-0.05, 0) is 37.1 Å². The minimum atomic E-state index is -0.0474. The number of carbonyl (C=O) groups is 1. The lowest BCUT2D eigenvalue weighted by molar-refractivity contribution is 0.0682. The van der Waals surface area contributed by atoms with Gasteiger partial charge in [0.05, 0.1) is 0 Å². The second-order valence-corrected chi connectivity index (χ2v) is 8.32. The molecule has 1 aromatic carbocycles. The highest BCUT2D eigenvalue weighted by Crippen LogP contribution is 2.31. The minimum Gasteiger partial charge on any atom is -0.451 e. The molecular formula is C25H25N5O2. The van der Waals surface area contributed by atoms with Gasteiger partial charge in [-0.1, -0.05) is 18.2 Å². The maximum Gasteiger partial charge on any atom is 0.289 e. The number of carbonyl (C=O) groups excluding carboxylic acids is 1. The third kappa shape index (κ3) is 3.93. The van der Waals surface area contributed by atoms with E-state index in [2.05, 4.69) is 11.1 Å². The largest absolute Gasteiger partial charge is 0.451 e. The lowest BCUT2D eigenvalue weighted by Gasteiger charge is -2.31. The summed E-state index contributed by atoms with van der Waals surface area (Å²) in [6.07, 6.45) is 5.21. The predicted octanol–water partition coefficient (Wildman–Crippen LogP) is 4.37. The van der Waals surface area contributed by atoms with E-state index in [0.29, 0.717) is 24.7 Å². The van der Waals surface area contributed by atoms with Gasteiger partial charge in [-0.3, -0.25) is 9.78 Å². The van der Waals surface area contributed by atoms with E-state index >= 15 is 0 Å². The number of hydrogen-bond acceptors (Lipinski definition) is 6. The zero-order valence-corrected chi connectivity index (χ0v) is 18.2. The summed E-state index contributed by atoms with van der Waals surface area (Å²) < 4.78 is 5.78. The van der Waals surface area contributed by atoms with Crippen molar-refractivity contribution in [1.82, 2.24) is 19.9 Å². The number of fused-ring (bicyclic) bond motifs is 1. The summed E-state index contributed by atoms with van der Waals surface area (Å²) in [5.41, 5.74) is 2.71. The van der Waals surface area contributed by atoms with Crippen molar-refractivity contribution in [3.63, 3.8) is 0 Å². The molecule has 162 valence electrons. The van der Waals surface area contributed by atoms with Gasteiger partial charge in [-0.25, -0.2) is 9.97 Å². The number of para-hydroxylation sites is 1. The van der Waals surface area contributed by atoms with Crippen LogP contribution in [-0.2, 0) is 0 Å². The highest BCUT2D eigenvalue weighted by Gasteiger charge is 2.28. The van der Waals surface area contributed by atoms with Gasteiger partial charge in [0.1, 0.15) is 11.4 Å². The van der Waals surface area contributed by atoms with Crippen LogP contribution >= 0.6 is 0 Å². The molecule has 0 bridgehead atoms. The van der Waals surface area contributed by atoms with Crippen LogP contribution in [0.1, 0.15) is 35.0 Å². The maximum atomic E-state index is 13.0. The number of anilines is 1. The molecule has 5 rings (SSSR count). The van der Waals surface area contributed by atoms with Gasteiger partial charge in [0, 0.05) is 68.2 Å². The van der Waals surface area contributed by atoms with E-state index in [-0.39, 0.29) is 11.8 Å². The smallest absolute Gasteiger partial charge is 0.289 e. The Morgan fingerprint density at radius 3 is 2.50 bits per heavy atom. The van der Waals surface area contributed by atoms with Crippen molar-refractivity contribution in [2.45, 2.75) is 18.8 Å². The monoisotopic (exact) mass is 427 g/mol. The number of piperidine rings is 1. The van der Waals surface area contributed by atoms with Crippen LogP contribution in [0.15, 0.2) is 65.3 Å². The van der Waals surface area contributed by atoms with Crippen molar-refractivity contribution in [2.24, 2.45) is 0 Å². The van der Waals surface area contributed by atoms with Gasteiger partial charge in [0.2, 0.25) is 0 Å². The fourth-order valence-corrected chi connectivity index (χ4v) is 4.14. The third-order valence-electron chi connectivity index (χ3n) is 5.97. The molecule has 3 aromatic heterocycles. The standard InChI is InChI=1S/C25H25N5O2/c1-29(2)23-16-20(27-24(28-23)18-7-11-26-12-8-18)17-9-13-30(14-10-17)25(31)22-15-19-5-3-4-6-21(19)32-22/h3-8,11-12,15-17H,9-10,13-14H2,1-2H3. The zero-order valence-electron chi connectivity index (χ0n) is 18.2. The van der Waals surface area contributed by atoms with Gasteiger partial charge in [0.15, 0.2) is 11.6 Å². The molecule has 0 radical (unpaired) electrons. The van der Waals surface area contributed by atoms with E-state index < -0.39 is 0 Å². The summed E-state index contributed by atoms with van der Waals surface area (Å²) >= 11 is 0. The molecule has 32 heavy (non-hydrogen) atoms. The fourth-order valence-electron chi connectivity index (χ4n) is 4.14. The van der Waals surface area contributed by atoms with Crippen molar-refractivity contribution in [3.8, 4) is 11.4 Å². The molecule has 4 aromatic rings. The lowest BCUT2D eigenvalue weighted by atomic mass is 9.93. The number of likely N-dealkylation sites (tertiary alicyclic amines) is 1. The molecule has 1 amide bonds. The number of pyridine rings is 1. The van der Waals surface area contributed by atoms with Crippen LogP contribution < -0.4 is 4.90 Å². The molecule has 1 saturated heterocycles. The van der Waals surface area contributed by atoms with E-state index in [4.69, 9.17) is 14.4 Å². The third-order valence-corrected chi connectivity index (χ3v) is 5.97. The van der Waals surface area contributed by atoms with E-state index in [1.54, 1.807) is 12.4 Å². The van der Waals surface area contributed by atoms with E-state index in [1.165, 1.54) is 0 Å². The quantitative estimate of drug-likeness (QED) is 0.481. The molecule has 0 unspecified atom stereocenters. The second kappa shape index (κ2) is 8.42. The molecule has 7 nitrogen and oxygen atoms in total. The average molecular weight is 428 g/mol. The van der Waals surface area contributed by atoms with Crippen LogP contribution in [0.5, 0.6) is 0 Å². The molecule has 0 N–H and O–H groups in total. The number of hydrogen-bond donors (Lipinski definition) is 0. The maximum absolute atomic E-state index is 13.0. The summed E-state index contributed by atoms with van der Waals surface area (Å²) in [7, 11) is 3.97. The second-order valence-electron chi connectivity index (χ2n) is 8.32. The van der Waals surface area contributed by atoms with Crippen LogP contribution in [0.4, 0.5) is 5.82 Å². The fraction of sp³-hybridized carbons (Fsp3) is 0.280. The van der Waals surface area contributed by atoms with Gasteiger partial charge >= 0.3 is 0 Å². The molecular weight excluding hydrogens is 402 g/mol. The van der Waals surface area contributed by atoms with Gasteiger partial charge in [-0.15, -0.1) is 0 Å². The first-order chi connectivity index (χ1) is 15.6. The van der Waals surface area contributed by atoms with Crippen LogP contribution in [0.25, 0.3) is 22.4 Å². The normalized spacial score (nSPS) is 14.6. The SMILES string of the molecule is CN(C)c1cc(C2CCN(C(=O)c3cc4ccccc4o3)CC2)nc(-c2ccncc2)n1. The first-order valence-corrected chi connectivity index (χ1v) is 10.8. The molecule has 1 aliphatic rings. The zero-order chi connectivity index (χ0) is 22.1. The molecule has 0 atom stereocenters. The Bertz CT molecular complexity index is 1210. The van der Waals surface area contributed by atoms with E-state index in [0.717, 1.165) is 40.9 Å². The molecule has 1 fully saturated rings. The van der Waals surface area contributed by atoms with Crippen molar-refractivity contribution in [2.75, 3.05) is 32.1 Å². The summed E-state index contributed by atoms with van der Waals surface area (Å²) in [5.74, 6) is 2.21. The van der Waals surface area contributed by atoms with E-state index in [1.807, 2.05) is 66.4 Å². The summed E-state index contributed by atoms with van der Waals surface area (Å²) in [4.78, 5) is 30.6. The number of aromatic nitrogens is 3. The van der Waals surface area contributed by atoms with Gasteiger partial charge < -0.3 is 14.2 Å². The number of nitrogens with zero attached hydrogens (tertiary/aromatic N) is 5. The molecule has 0 aliphatic carbocycles. The minimum absolute atomic E-state index is 0.0474. The Labute approximate surface area is 186 Å².